The Kier molecular flexibility index (Phi) is 6.41. The molecule has 2 amide bonds. The number of hydrogen-bond donors (Lipinski definition) is 1. The van der Waals surface area contributed by atoms with Gasteiger partial charge in [-0.2, -0.15) is 8.78 Å². The molecular formula is C20H21F2N3O3. The van der Waals surface area contributed by atoms with Gasteiger partial charge >= 0.3 is 6.61 Å². The zero-order valence-corrected chi connectivity index (χ0v) is 15.2. The van der Waals surface area contributed by atoms with E-state index in [1.54, 1.807) is 4.90 Å². The molecule has 0 bridgehead atoms. The molecule has 2 aromatic rings. The van der Waals surface area contributed by atoms with Crippen LogP contribution < -0.4 is 15.0 Å². The van der Waals surface area contributed by atoms with Crippen LogP contribution in [0.15, 0.2) is 54.6 Å². The largest absolute Gasteiger partial charge is 0.435 e. The molecule has 0 atom stereocenters. The number of amides is 2. The van der Waals surface area contributed by atoms with E-state index in [2.05, 4.69) is 15.0 Å². The lowest BCUT2D eigenvalue weighted by atomic mass is 10.2. The van der Waals surface area contributed by atoms with E-state index in [9.17, 15) is 18.4 Å². The molecule has 0 aromatic heterocycles. The Balaban J connectivity index is 1.44. The maximum Gasteiger partial charge on any atom is 0.387 e. The van der Waals surface area contributed by atoms with E-state index in [0.29, 0.717) is 13.1 Å². The van der Waals surface area contributed by atoms with Crippen molar-refractivity contribution in [1.29, 1.82) is 0 Å². The number of anilines is 1. The molecule has 6 nitrogen and oxygen atoms in total. The third kappa shape index (κ3) is 5.18. The first-order valence-corrected chi connectivity index (χ1v) is 8.94. The van der Waals surface area contributed by atoms with Crippen molar-refractivity contribution in [3.8, 4) is 5.75 Å². The molecule has 8 heteroatoms. The molecule has 1 fully saturated rings. The summed E-state index contributed by atoms with van der Waals surface area (Å²) in [5.74, 6) is -0.627. The van der Waals surface area contributed by atoms with E-state index >= 15 is 0 Å². The number of hydrogen-bond acceptors (Lipinski definition) is 4. The number of ether oxygens (including phenoxy) is 1. The Morgan fingerprint density at radius 2 is 1.61 bits per heavy atom. The smallest absolute Gasteiger partial charge is 0.387 e. The topological polar surface area (TPSA) is 61.9 Å². The number of piperazine rings is 1. The molecule has 0 saturated carbocycles. The Bertz CT molecular complexity index is 792. The van der Waals surface area contributed by atoms with Crippen LogP contribution in [-0.4, -0.2) is 56.0 Å². The predicted octanol–water partition coefficient (Wildman–Crippen LogP) is 2.37. The number of alkyl halides is 2. The number of benzene rings is 2. The monoisotopic (exact) mass is 389 g/mol. The van der Waals surface area contributed by atoms with Gasteiger partial charge in [0.1, 0.15) is 5.75 Å². The first-order chi connectivity index (χ1) is 13.5. The van der Waals surface area contributed by atoms with Crippen LogP contribution in [0.3, 0.4) is 0 Å². The van der Waals surface area contributed by atoms with Crippen molar-refractivity contribution in [3.63, 3.8) is 0 Å². The van der Waals surface area contributed by atoms with Crippen molar-refractivity contribution < 1.29 is 23.1 Å². The van der Waals surface area contributed by atoms with Crippen LogP contribution in [0.4, 0.5) is 14.5 Å². The molecule has 1 N–H and O–H groups in total. The Labute approximate surface area is 161 Å². The summed E-state index contributed by atoms with van der Waals surface area (Å²) in [6.45, 7) is -0.393. The van der Waals surface area contributed by atoms with Gasteiger partial charge in [-0.25, -0.2) is 0 Å². The van der Waals surface area contributed by atoms with Crippen LogP contribution in [0.1, 0.15) is 10.4 Å². The second kappa shape index (κ2) is 9.16. The molecule has 0 spiro atoms. The van der Waals surface area contributed by atoms with E-state index in [0.717, 1.165) is 18.8 Å². The second-order valence-electron chi connectivity index (χ2n) is 6.29. The summed E-state index contributed by atoms with van der Waals surface area (Å²) in [6.07, 6.45) is 0. The minimum Gasteiger partial charge on any atom is -0.435 e. The van der Waals surface area contributed by atoms with Gasteiger partial charge in [0.2, 0.25) is 5.91 Å². The lowest BCUT2D eigenvalue weighted by Crippen LogP contribution is -2.51. The van der Waals surface area contributed by atoms with Crippen molar-refractivity contribution in [2.24, 2.45) is 0 Å². The third-order valence-electron chi connectivity index (χ3n) is 4.50. The van der Waals surface area contributed by atoms with E-state index in [1.165, 1.54) is 24.3 Å². The average Bonchev–Trinajstić information content (AvgIpc) is 2.72. The molecule has 0 radical (unpaired) electrons. The molecule has 28 heavy (non-hydrogen) atoms. The van der Waals surface area contributed by atoms with Crippen molar-refractivity contribution in [2.75, 3.05) is 37.6 Å². The molecule has 3 rings (SSSR count). The molecule has 1 aliphatic heterocycles. The fourth-order valence-corrected chi connectivity index (χ4v) is 3.01. The van der Waals surface area contributed by atoms with Gasteiger partial charge in [-0.3, -0.25) is 9.59 Å². The number of nitrogens with zero attached hydrogens (tertiary/aromatic N) is 2. The summed E-state index contributed by atoms with van der Waals surface area (Å²) < 4.78 is 28.5. The lowest BCUT2D eigenvalue weighted by Gasteiger charge is -2.36. The zero-order chi connectivity index (χ0) is 19.9. The van der Waals surface area contributed by atoms with Gasteiger partial charge in [0.05, 0.1) is 6.54 Å². The van der Waals surface area contributed by atoms with Crippen LogP contribution >= 0.6 is 0 Å². The predicted molar refractivity (Wildman–Crippen MR) is 101 cm³/mol. The van der Waals surface area contributed by atoms with E-state index in [1.807, 2.05) is 30.3 Å². The normalized spacial score (nSPS) is 14.1. The fourth-order valence-electron chi connectivity index (χ4n) is 3.01. The van der Waals surface area contributed by atoms with Gasteiger partial charge in [-0.05, 0) is 36.4 Å². The summed E-state index contributed by atoms with van der Waals surface area (Å²) in [5, 5.41) is 2.57. The molecule has 0 aliphatic carbocycles. The molecule has 148 valence electrons. The van der Waals surface area contributed by atoms with E-state index < -0.39 is 12.5 Å². The highest BCUT2D eigenvalue weighted by atomic mass is 19.3. The maximum atomic E-state index is 12.3. The summed E-state index contributed by atoms with van der Waals surface area (Å²) in [7, 11) is 0. The Morgan fingerprint density at radius 3 is 2.21 bits per heavy atom. The van der Waals surface area contributed by atoms with Crippen molar-refractivity contribution in [2.45, 2.75) is 6.61 Å². The molecular weight excluding hydrogens is 368 g/mol. The van der Waals surface area contributed by atoms with Gasteiger partial charge in [-0.15, -0.1) is 0 Å². The standard InChI is InChI=1S/C20H21F2N3O3/c21-20(22)28-17-8-6-15(7-9-17)19(27)23-14-18(26)25-12-10-24(11-13-25)16-4-2-1-3-5-16/h1-9,20H,10-14H2,(H,23,27). The highest BCUT2D eigenvalue weighted by Gasteiger charge is 2.21. The summed E-state index contributed by atoms with van der Waals surface area (Å²) in [6, 6.07) is 15.3. The zero-order valence-electron chi connectivity index (χ0n) is 15.2. The molecule has 1 aliphatic rings. The molecule has 1 saturated heterocycles. The van der Waals surface area contributed by atoms with Crippen LogP contribution in [0.25, 0.3) is 0 Å². The van der Waals surface area contributed by atoms with Gasteiger partial charge in [0.15, 0.2) is 0 Å². The summed E-state index contributed by atoms with van der Waals surface area (Å²) >= 11 is 0. The Morgan fingerprint density at radius 1 is 0.964 bits per heavy atom. The highest BCUT2D eigenvalue weighted by Crippen LogP contribution is 2.16. The van der Waals surface area contributed by atoms with E-state index in [4.69, 9.17) is 0 Å². The SMILES string of the molecule is O=C(NCC(=O)N1CCN(c2ccccc2)CC1)c1ccc(OC(F)F)cc1. The first kappa shape index (κ1) is 19.6. The van der Waals surface area contributed by atoms with Crippen LogP contribution in [0, 0.1) is 0 Å². The first-order valence-electron chi connectivity index (χ1n) is 8.94. The van der Waals surface area contributed by atoms with Gasteiger partial charge in [-0.1, -0.05) is 18.2 Å². The average molecular weight is 389 g/mol. The summed E-state index contributed by atoms with van der Waals surface area (Å²) in [4.78, 5) is 28.4. The minimum absolute atomic E-state index is 0.0288. The molecule has 2 aromatic carbocycles. The van der Waals surface area contributed by atoms with Crippen molar-refractivity contribution >= 4 is 17.5 Å². The second-order valence-corrected chi connectivity index (χ2v) is 6.29. The van der Waals surface area contributed by atoms with Gasteiger partial charge < -0.3 is 19.9 Å². The number of para-hydroxylation sites is 1. The maximum absolute atomic E-state index is 12.3. The van der Waals surface area contributed by atoms with E-state index in [-0.39, 0.29) is 23.8 Å². The number of carbonyl (C=O) groups excluding carboxylic acids is 2. The van der Waals surface area contributed by atoms with Gasteiger partial charge in [0.25, 0.3) is 5.91 Å². The number of nitrogens with one attached hydrogen (secondary N) is 1. The molecule has 0 unspecified atom stereocenters. The Hall–Kier alpha value is -3.16. The van der Waals surface area contributed by atoms with Crippen LogP contribution in [-0.2, 0) is 4.79 Å². The van der Waals surface area contributed by atoms with Crippen LogP contribution in [0.2, 0.25) is 0 Å². The van der Waals surface area contributed by atoms with Crippen LogP contribution in [0.5, 0.6) is 5.75 Å². The molecule has 1 heterocycles. The van der Waals surface area contributed by atoms with Crippen molar-refractivity contribution in [3.05, 3.63) is 60.2 Å². The highest BCUT2D eigenvalue weighted by molar-refractivity contribution is 5.96. The number of rotatable bonds is 6. The quantitative estimate of drug-likeness (QED) is 0.824. The number of halogens is 2. The fraction of sp³-hybridized carbons (Fsp3) is 0.300. The number of carbonyl (C=O) groups is 2. The van der Waals surface area contributed by atoms with Crippen molar-refractivity contribution in [1.82, 2.24) is 10.2 Å². The summed E-state index contributed by atoms with van der Waals surface area (Å²) in [5.41, 5.74) is 1.39. The van der Waals surface area contributed by atoms with Gasteiger partial charge in [0, 0.05) is 37.4 Å². The minimum atomic E-state index is -2.92. The lowest BCUT2D eigenvalue weighted by molar-refractivity contribution is -0.130. The third-order valence-corrected chi connectivity index (χ3v) is 4.50.